The topological polar surface area (TPSA) is 9.72 Å². The lowest BCUT2D eigenvalue weighted by molar-refractivity contribution is 0.590. The van der Waals surface area contributed by atoms with Crippen molar-refractivity contribution in [2.45, 2.75) is 124 Å². The molecule has 1 aliphatic carbocycles. The highest BCUT2D eigenvalue weighted by molar-refractivity contribution is 7.00. The van der Waals surface area contributed by atoms with Gasteiger partial charge in [-0.25, -0.2) is 0 Å². The van der Waals surface area contributed by atoms with Crippen LogP contribution in [0.15, 0.2) is 194 Å². The fraction of sp³-hybridized carbons (Fsp3) is 0.260. The number of nitrogens with zero attached hydrogens (tertiary/aromatic N) is 3. The van der Waals surface area contributed by atoms with E-state index in [-0.39, 0.29) is 33.8 Å². The molecule has 12 rings (SSSR count). The van der Waals surface area contributed by atoms with Crippen molar-refractivity contribution in [3.05, 3.63) is 228 Å². The lowest BCUT2D eigenvalue weighted by Crippen LogP contribution is -2.61. The monoisotopic (exact) mass is 1000 g/mol. The van der Waals surface area contributed by atoms with Crippen LogP contribution >= 0.6 is 0 Å². The van der Waals surface area contributed by atoms with Crippen LogP contribution in [0.3, 0.4) is 0 Å². The zero-order valence-corrected chi connectivity index (χ0v) is 47.9. The average molecular weight is 1000 g/mol. The van der Waals surface area contributed by atoms with Gasteiger partial charge in [0, 0.05) is 56.5 Å². The van der Waals surface area contributed by atoms with Crippen LogP contribution in [0.2, 0.25) is 0 Å². The SMILES string of the molecule is CC(C)(C)c1ccc(N2c3cc(N(c4ccccc4)c4ccc(C(C)(C)C)cc4-c4ccccc4)ccc3B3c4cc(C(C)(C)C)ccc4N(c4ccc5c(c4)C(C)(C)c4ccccc4-5)c4cc(C(C)(C)C)cc2c43)cc1. The van der Waals surface area contributed by atoms with E-state index in [1.165, 1.54) is 100 Å². The number of anilines is 9. The first-order valence-corrected chi connectivity index (χ1v) is 28.0. The molecule has 0 saturated heterocycles. The molecule has 4 heteroatoms. The highest BCUT2D eigenvalue weighted by Crippen LogP contribution is 2.53. The molecule has 0 unspecified atom stereocenters. The maximum Gasteiger partial charge on any atom is 0.252 e. The zero-order valence-electron chi connectivity index (χ0n) is 47.9. The van der Waals surface area contributed by atoms with Crippen LogP contribution in [-0.4, -0.2) is 6.71 Å². The largest absolute Gasteiger partial charge is 0.311 e. The first-order chi connectivity index (χ1) is 36.5. The van der Waals surface area contributed by atoms with Crippen LogP contribution in [0.1, 0.15) is 130 Å². The molecule has 0 saturated carbocycles. The second kappa shape index (κ2) is 17.7. The maximum absolute atomic E-state index is 2.62. The summed E-state index contributed by atoms with van der Waals surface area (Å²) in [6, 6.07) is 74.6. The van der Waals surface area contributed by atoms with E-state index >= 15 is 0 Å². The fourth-order valence-electron chi connectivity index (χ4n) is 12.6. The quantitative estimate of drug-likeness (QED) is 0.154. The second-order valence-corrected chi connectivity index (χ2v) is 26.8. The third-order valence-corrected chi connectivity index (χ3v) is 17.1. The molecule has 3 aliphatic rings. The van der Waals surface area contributed by atoms with Gasteiger partial charge in [0.05, 0.1) is 5.69 Å². The normalized spacial score (nSPS) is 14.4. The Morgan fingerprint density at radius 2 is 0.909 bits per heavy atom. The number of rotatable bonds is 6. The standard InChI is InChI=1S/C73H74BN3/c1-69(2,3)48-29-33-53(34-30-48)76-65-46-55(75(52-25-19-16-20-26-52)63-39-31-49(70(4,5)6)41-58(63)47-23-17-15-18-24-47)36-38-61(65)74-62-42-50(71(7,8)9)32-40-64(62)77(67-44-51(72(10,11)12)43-66(76)68(67)74)54-35-37-57-56-27-21-22-28-59(56)73(13,14)60(57)45-54/h15-46H,1-14H3. The third kappa shape index (κ3) is 8.42. The molecule has 0 amide bonds. The van der Waals surface area contributed by atoms with Gasteiger partial charge < -0.3 is 14.7 Å². The van der Waals surface area contributed by atoms with Gasteiger partial charge in [-0.05, 0) is 167 Å². The van der Waals surface area contributed by atoms with Crippen molar-refractivity contribution in [3.63, 3.8) is 0 Å². The Balaban J connectivity index is 1.16. The van der Waals surface area contributed by atoms with Crippen LogP contribution in [0.25, 0.3) is 22.3 Å². The minimum absolute atomic E-state index is 0.00211. The lowest BCUT2D eigenvalue weighted by Gasteiger charge is -2.46. The summed E-state index contributed by atoms with van der Waals surface area (Å²) in [5.41, 5.74) is 27.2. The molecule has 9 aromatic rings. The highest BCUT2D eigenvalue weighted by Gasteiger charge is 2.46. The number of hydrogen-bond acceptors (Lipinski definition) is 3. The van der Waals surface area contributed by atoms with Gasteiger partial charge in [-0.15, -0.1) is 0 Å². The van der Waals surface area contributed by atoms with Gasteiger partial charge in [0.25, 0.3) is 6.71 Å². The van der Waals surface area contributed by atoms with Crippen LogP contribution in [0.5, 0.6) is 0 Å². The summed E-state index contributed by atoms with van der Waals surface area (Å²) in [6.45, 7) is 32.8. The second-order valence-electron chi connectivity index (χ2n) is 26.8. The van der Waals surface area contributed by atoms with E-state index in [1.54, 1.807) is 0 Å². The van der Waals surface area contributed by atoms with E-state index in [1.807, 2.05) is 0 Å². The molecule has 0 fully saturated rings. The average Bonchev–Trinajstić information content (AvgIpc) is 3.83. The van der Waals surface area contributed by atoms with Crippen molar-refractivity contribution in [1.29, 1.82) is 0 Å². The Bertz CT molecular complexity index is 3760. The maximum atomic E-state index is 2.62. The molecule has 0 N–H and O–H groups in total. The fourth-order valence-corrected chi connectivity index (χ4v) is 12.6. The van der Waals surface area contributed by atoms with Crippen molar-refractivity contribution in [3.8, 4) is 22.3 Å². The number of fused-ring (bicyclic) bond motifs is 7. The zero-order chi connectivity index (χ0) is 54.1. The Morgan fingerprint density at radius 3 is 1.56 bits per heavy atom. The number of hydrogen-bond donors (Lipinski definition) is 0. The summed E-state index contributed by atoms with van der Waals surface area (Å²) in [7, 11) is 0. The van der Waals surface area contributed by atoms with Crippen LogP contribution < -0.4 is 31.1 Å². The molecule has 0 radical (unpaired) electrons. The van der Waals surface area contributed by atoms with Gasteiger partial charge in [0.1, 0.15) is 0 Å². The van der Waals surface area contributed by atoms with Gasteiger partial charge in [0.15, 0.2) is 0 Å². The third-order valence-electron chi connectivity index (χ3n) is 17.1. The minimum atomic E-state index is -0.161. The predicted molar refractivity (Wildman–Crippen MR) is 333 cm³/mol. The van der Waals surface area contributed by atoms with E-state index in [9.17, 15) is 0 Å². The van der Waals surface area contributed by atoms with Gasteiger partial charge in [-0.1, -0.05) is 212 Å². The highest BCUT2D eigenvalue weighted by atomic mass is 15.2. The van der Waals surface area contributed by atoms with E-state index in [0.717, 1.165) is 22.7 Å². The van der Waals surface area contributed by atoms with Gasteiger partial charge >= 0.3 is 0 Å². The molecule has 0 atom stereocenters. The molecule has 77 heavy (non-hydrogen) atoms. The predicted octanol–water partition coefficient (Wildman–Crippen LogP) is 18.4. The Morgan fingerprint density at radius 1 is 0.364 bits per heavy atom. The summed E-state index contributed by atoms with van der Waals surface area (Å²) in [5.74, 6) is 0. The first-order valence-electron chi connectivity index (χ1n) is 28.0. The summed E-state index contributed by atoms with van der Waals surface area (Å²) in [5, 5.41) is 0. The summed E-state index contributed by atoms with van der Waals surface area (Å²) >= 11 is 0. The molecular formula is C73H74BN3. The van der Waals surface area contributed by atoms with Crippen molar-refractivity contribution in [2.75, 3.05) is 14.7 Å². The number of para-hydroxylation sites is 1. The van der Waals surface area contributed by atoms with E-state index < -0.39 is 0 Å². The Labute approximate surface area is 460 Å². The van der Waals surface area contributed by atoms with E-state index in [4.69, 9.17) is 0 Å². The molecule has 0 spiro atoms. The van der Waals surface area contributed by atoms with Crippen LogP contribution in [-0.2, 0) is 27.1 Å². The van der Waals surface area contributed by atoms with Crippen molar-refractivity contribution in [2.24, 2.45) is 0 Å². The van der Waals surface area contributed by atoms with E-state index in [0.29, 0.717) is 0 Å². The van der Waals surface area contributed by atoms with Gasteiger partial charge in [-0.2, -0.15) is 0 Å². The number of benzene rings is 9. The summed E-state index contributed by atoms with van der Waals surface area (Å²) in [6.07, 6.45) is 0. The van der Waals surface area contributed by atoms with E-state index in [2.05, 4.69) is 306 Å². The first kappa shape index (κ1) is 50.3. The molecule has 0 bridgehead atoms. The molecule has 384 valence electrons. The molecule has 9 aromatic carbocycles. The summed E-state index contributed by atoms with van der Waals surface area (Å²) in [4.78, 5) is 7.72. The molecule has 2 heterocycles. The Kier molecular flexibility index (Phi) is 11.6. The van der Waals surface area contributed by atoms with Crippen molar-refractivity contribution in [1.82, 2.24) is 0 Å². The molecule has 0 aromatic heterocycles. The lowest BCUT2D eigenvalue weighted by atomic mass is 9.33. The minimum Gasteiger partial charge on any atom is -0.311 e. The van der Waals surface area contributed by atoms with Crippen molar-refractivity contribution >= 4 is 74.3 Å². The smallest absolute Gasteiger partial charge is 0.252 e. The summed E-state index contributed by atoms with van der Waals surface area (Å²) < 4.78 is 0. The molecule has 2 aliphatic heterocycles. The van der Waals surface area contributed by atoms with Crippen LogP contribution in [0.4, 0.5) is 51.2 Å². The van der Waals surface area contributed by atoms with Gasteiger partial charge in [-0.3, -0.25) is 0 Å². The molecular weight excluding hydrogens is 930 g/mol. The Hall–Kier alpha value is -7.56. The van der Waals surface area contributed by atoms with Crippen LogP contribution in [0, 0.1) is 0 Å². The van der Waals surface area contributed by atoms with Gasteiger partial charge in [0.2, 0.25) is 0 Å². The molecule has 3 nitrogen and oxygen atoms in total. The van der Waals surface area contributed by atoms with Crippen molar-refractivity contribution < 1.29 is 0 Å².